The number of likely N-dealkylation sites (tertiary alicyclic amines) is 1. The molecule has 0 aromatic heterocycles. The minimum Gasteiger partial charge on any atom is -0.338 e. The minimum atomic E-state index is -0.472. The van der Waals surface area contributed by atoms with Gasteiger partial charge in [-0.2, -0.15) is 0 Å². The summed E-state index contributed by atoms with van der Waals surface area (Å²) in [6, 6.07) is -0.235. The summed E-state index contributed by atoms with van der Waals surface area (Å²) >= 11 is 0. The van der Waals surface area contributed by atoms with Gasteiger partial charge in [-0.1, -0.05) is 6.92 Å². The molecule has 3 nitrogen and oxygen atoms in total. The Morgan fingerprint density at radius 2 is 2.58 bits per heavy atom. The van der Waals surface area contributed by atoms with Gasteiger partial charge in [0.1, 0.15) is 0 Å². The van der Waals surface area contributed by atoms with Gasteiger partial charge in [-0.15, -0.1) is 0 Å². The van der Waals surface area contributed by atoms with Gasteiger partial charge < -0.3 is 10.6 Å². The van der Waals surface area contributed by atoms with E-state index in [2.05, 4.69) is 0 Å². The van der Waals surface area contributed by atoms with E-state index in [0.29, 0.717) is 0 Å². The van der Waals surface area contributed by atoms with Crippen LogP contribution in [0, 0.1) is 0 Å². The van der Waals surface area contributed by atoms with E-state index in [-0.39, 0.29) is 18.5 Å². The largest absolute Gasteiger partial charge is 0.338 e. The Hall–Kier alpha value is -0.570. The maximum atomic E-state index is 11.6. The van der Waals surface area contributed by atoms with Crippen molar-refractivity contribution in [2.75, 3.05) is 6.52 Å². The molecule has 12 heavy (non-hydrogen) atoms. The van der Waals surface area contributed by atoms with Crippen LogP contribution in [0.4, 0.5) is 0 Å². The molecule has 1 heterocycles. The normalized spacial score (nSPS) is 33.2. The third kappa shape index (κ3) is 1.78. The molecule has 3 atom stereocenters. The van der Waals surface area contributed by atoms with Crippen molar-refractivity contribution in [3.63, 3.8) is 0 Å². The molecule has 1 amide bonds. The molecule has 0 saturated carbocycles. The van der Waals surface area contributed by atoms with Crippen LogP contribution in [0.15, 0.2) is 0 Å². The predicted molar refractivity (Wildman–Crippen MR) is 48.7 cm³/mol. The van der Waals surface area contributed by atoms with Crippen LogP contribution in [0.3, 0.4) is 0 Å². The zero-order chi connectivity index (χ0) is 10.0. The minimum absolute atomic E-state index is 0.0793. The van der Waals surface area contributed by atoms with Gasteiger partial charge >= 0.3 is 0 Å². The Balaban J connectivity index is 2.69. The van der Waals surface area contributed by atoms with E-state index in [1.807, 2.05) is 6.92 Å². The van der Waals surface area contributed by atoms with Crippen molar-refractivity contribution in [3.05, 3.63) is 0 Å². The molecule has 0 radical (unpaired) electrons. The van der Waals surface area contributed by atoms with E-state index < -0.39 is 6.04 Å². The first-order valence-corrected chi connectivity index (χ1v) is 4.58. The van der Waals surface area contributed by atoms with Crippen molar-refractivity contribution in [2.45, 2.75) is 45.2 Å². The van der Waals surface area contributed by atoms with Crippen LogP contribution in [0.5, 0.6) is 0 Å². The zero-order valence-corrected chi connectivity index (χ0v) is 7.79. The van der Waals surface area contributed by atoms with Crippen LogP contribution >= 0.6 is 0 Å². The van der Waals surface area contributed by atoms with E-state index in [1.165, 1.54) is 0 Å². The summed E-state index contributed by atoms with van der Waals surface area (Å²) < 4.78 is 7.70. The van der Waals surface area contributed by atoms with Gasteiger partial charge in [0.2, 0.25) is 5.91 Å². The number of carbonyl (C=O) groups is 1. The SMILES string of the molecule is [3H]C1CC[C@H](CC)N1C(=O)[C@H](C)N. The topological polar surface area (TPSA) is 46.3 Å². The summed E-state index contributed by atoms with van der Waals surface area (Å²) in [7, 11) is 0. The van der Waals surface area contributed by atoms with Crippen molar-refractivity contribution in [1.82, 2.24) is 4.90 Å². The van der Waals surface area contributed by atoms with E-state index in [1.54, 1.807) is 11.8 Å². The Morgan fingerprint density at radius 3 is 3.08 bits per heavy atom. The van der Waals surface area contributed by atoms with Crippen LogP contribution in [0.2, 0.25) is 0 Å². The molecule has 1 fully saturated rings. The Morgan fingerprint density at radius 1 is 1.92 bits per heavy atom. The number of nitrogens with two attached hydrogens (primary N) is 1. The molecule has 2 N–H and O–H groups in total. The number of amides is 1. The van der Waals surface area contributed by atoms with Crippen molar-refractivity contribution in [1.29, 1.82) is 0 Å². The molecule has 0 aliphatic carbocycles. The molecule has 1 aliphatic rings. The molecule has 1 rings (SSSR count). The number of nitrogens with zero attached hydrogens (tertiary/aromatic N) is 1. The summed E-state index contributed by atoms with van der Waals surface area (Å²) in [6.45, 7) is 3.35. The molecule has 0 spiro atoms. The lowest BCUT2D eigenvalue weighted by molar-refractivity contribution is -0.133. The molecule has 0 aromatic rings. The highest BCUT2D eigenvalue weighted by atomic mass is 16.2. The van der Waals surface area contributed by atoms with Gasteiger partial charge in [0.05, 0.1) is 6.04 Å². The summed E-state index contributed by atoms with van der Waals surface area (Å²) in [6.07, 6.45) is 2.66. The second kappa shape index (κ2) is 3.90. The molecule has 1 saturated heterocycles. The molecule has 1 aliphatic heterocycles. The maximum Gasteiger partial charge on any atom is 0.239 e. The lowest BCUT2D eigenvalue weighted by atomic mass is 10.1. The first-order valence-electron chi connectivity index (χ1n) is 5.15. The first-order chi connectivity index (χ1) is 6.07. The van der Waals surface area contributed by atoms with Gasteiger partial charge in [0.25, 0.3) is 0 Å². The highest BCUT2D eigenvalue weighted by Crippen LogP contribution is 2.20. The molecule has 70 valence electrons. The fraction of sp³-hybridized carbons (Fsp3) is 0.889. The predicted octanol–water partition coefficient (Wildman–Crippen LogP) is 0.735. The van der Waals surface area contributed by atoms with Crippen LogP contribution in [0.25, 0.3) is 0 Å². The average Bonchev–Trinajstić information content (AvgIpc) is 2.45. The van der Waals surface area contributed by atoms with E-state index in [0.717, 1.165) is 19.3 Å². The third-order valence-corrected chi connectivity index (χ3v) is 2.33. The third-order valence-electron chi connectivity index (χ3n) is 2.33. The molecular formula is C9H18N2O. The number of hydrogen-bond donors (Lipinski definition) is 1. The number of rotatable bonds is 2. The summed E-state index contributed by atoms with van der Waals surface area (Å²) in [4.78, 5) is 13.2. The fourth-order valence-electron chi connectivity index (χ4n) is 1.60. The van der Waals surface area contributed by atoms with Crippen molar-refractivity contribution in [2.24, 2.45) is 5.73 Å². The maximum absolute atomic E-state index is 11.6. The lowest BCUT2D eigenvalue weighted by Gasteiger charge is -2.25. The fourth-order valence-corrected chi connectivity index (χ4v) is 1.60. The summed E-state index contributed by atoms with van der Waals surface area (Å²) in [5.74, 6) is -0.0793. The lowest BCUT2D eigenvalue weighted by Crippen LogP contribution is -2.44. The Kier molecular flexibility index (Phi) is 2.61. The highest BCUT2D eigenvalue weighted by molar-refractivity contribution is 5.81. The van der Waals surface area contributed by atoms with Gasteiger partial charge in [0, 0.05) is 13.9 Å². The summed E-state index contributed by atoms with van der Waals surface area (Å²) in [5, 5.41) is 0. The van der Waals surface area contributed by atoms with Gasteiger partial charge in [-0.25, -0.2) is 0 Å². The molecule has 0 bridgehead atoms. The van der Waals surface area contributed by atoms with Gasteiger partial charge in [0.15, 0.2) is 0 Å². The Labute approximate surface area is 75.3 Å². The van der Waals surface area contributed by atoms with Crippen molar-refractivity contribution >= 4 is 5.91 Å². The average molecular weight is 172 g/mol. The second-order valence-corrected chi connectivity index (χ2v) is 3.36. The van der Waals surface area contributed by atoms with E-state index in [4.69, 9.17) is 7.10 Å². The Bertz CT molecular complexity index is 196. The van der Waals surface area contributed by atoms with Crippen LogP contribution in [-0.2, 0) is 4.79 Å². The van der Waals surface area contributed by atoms with Crippen LogP contribution in [-0.4, -0.2) is 29.4 Å². The monoisotopic (exact) mass is 172 g/mol. The van der Waals surface area contributed by atoms with E-state index >= 15 is 0 Å². The van der Waals surface area contributed by atoms with Gasteiger partial charge in [-0.3, -0.25) is 4.79 Å². The quantitative estimate of drug-likeness (QED) is 0.667. The van der Waals surface area contributed by atoms with Crippen molar-refractivity contribution < 1.29 is 6.17 Å². The smallest absolute Gasteiger partial charge is 0.239 e. The molecular weight excluding hydrogens is 152 g/mol. The van der Waals surface area contributed by atoms with Crippen LogP contribution in [0.1, 0.15) is 34.5 Å². The standard InChI is InChI=1S/C9H18N2O/c1-3-8-5-4-6-11(8)9(12)7(2)10/h7-8H,3-6,10H2,1-2H3/t7-,8-/m0/s1/i6T/t6?,7-,8-. The first kappa shape index (κ1) is 8.05. The molecule has 1 unspecified atom stereocenters. The van der Waals surface area contributed by atoms with Gasteiger partial charge in [-0.05, 0) is 26.2 Å². The zero-order valence-electron chi connectivity index (χ0n) is 8.79. The second-order valence-electron chi connectivity index (χ2n) is 3.36. The molecule has 3 heteroatoms. The summed E-state index contributed by atoms with van der Waals surface area (Å²) in [5.41, 5.74) is 5.52. The number of carbonyl (C=O) groups excluding carboxylic acids is 1. The highest BCUT2D eigenvalue weighted by Gasteiger charge is 2.28. The van der Waals surface area contributed by atoms with Crippen molar-refractivity contribution in [3.8, 4) is 0 Å². The molecule has 0 aromatic carbocycles. The van der Waals surface area contributed by atoms with E-state index in [9.17, 15) is 4.79 Å². The number of hydrogen-bond acceptors (Lipinski definition) is 2. The van der Waals surface area contributed by atoms with Crippen LogP contribution < -0.4 is 5.73 Å².